The van der Waals surface area contributed by atoms with Gasteiger partial charge in [0.1, 0.15) is 0 Å². The van der Waals surface area contributed by atoms with Gasteiger partial charge in [0.25, 0.3) is 0 Å². The van der Waals surface area contributed by atoms with Crippen LogP contribution in [0.4, 0.5) is 0 Å². The van der Waals surface area contributed by atoms with Crippen molar-refractivity contribution in [3.63, 3.8) is 0 Å². The smallest absolute Gasteiger partial charge is 0.220 e. The molecule has 2 aliphatic rings. The summed E-state index contributed by atoms with van der Waals surface area (Å²) in [5.41, 5.74) is 1.23. The van der Waals surface area contributed by atoms with Crippen molar-refractivity contribution >= 4 is 5.91 Å². The lowest BCUT2D eigenvalue weighted by Gasteiger charge is -2.31. The van der Waals surface area contributed by atoms with Gasteiger partial charge in [0.2, 0.25) is 5.91 Å². The summed E-state index contributed by atoms with van der Waals surface area (Å²) in [7, 11) is 2.11. The summed E-state index contributed by atoms with van der Waals surface area (Å²) >= 11 is 0. The summed E-state index contributed by atoms with van der Waals surface area (Å²) in [4.78, 5) is 14.0. The molecule has 2 heterocycles. The number of aromatic nitrogens is 2. The third kappa shape index (κ3) is 2.56. The van der Waals surface area contributed by atoms with Gasteiger partial charge in [0, 0.05) is 32.3 Å². The highest BCUT2D eigenvalue weighted by atomic mass is 16.1. The van der Waals surface area contributed by atoms with Crippen LogP contribution in [0.5, 0.6) is 0 Å². The van der Waals surface area contributed by atoms with E-state index in [4.69, 9.17) is 0 Å². The van der Waals surface area contributed by atoms with Gasteiger partial charge in [-0.25, -0.2) is 0 Å². The van der Waals surface area contributed by atoms with E-state index in [9.17, 15) is 4.79 Å². The van der Waals surface area contributed by atoms with Gasteiger partial charge in [-0.3, -0.25) is 14.4 Å². The van der Waals surface area contributed by atoms with Crippen LogP contribution in [0.15, 0.2) is 12.3 Å². The lowest BCUT2D eigenvalue weighted by Crippen LogP contribution is -2.41. The second-order valence-electron chi connectivity index (χ2n) is 5.57. The maximum atomic E-state index is 11.7. The van der Waals surface area contributed by atoms with Crippen molar-refractivity contribution in [1.29, 1.82) is 0 Å². The lowest BCUT2D eigenvalue weighted by molar-refractivity contribution is -0.121. The van der Waals surface area contributed by atoms with Gasteiger partial charge in [0.05, 0.1) is 11.7 Å². The third-order valence-electron chi connectivity index (χ3n) is 3.76. The van der Waals surface area contributed by atoms with E-state index >= 15 is 0 Å². The van der Waals surface area contributed by atoms with Gasteiger partial charge in [-0.1, -0.05) is 0 Å². The summed E-state index contributed by atoms with van der Waals surface area (Å²) in [5.74, 6) is 0.846. The standard InChI is InChI=1S/C13H20N4O/c1-16-8-11-4-5-15-17(11)12(9-16)7-14-13(18)6-10-2-3-10/h4-5,10,12H,2-3,6-9H2,1H3,(H,14,18)/t12-/m1/s1. The summed E-state index contributed by atoms with van der Waals surface area (Å²) in [6.45, 7) is 2.56. The first-order chi connectivity index (χ1) is 8.72. The van der Waals surface area contributed by atoms with Crippen molar-refractivity contribution in [2.24, 2.45) is 5.92 Å². The van der Waals surface area contributed by atoms with E-state index in [2.05, 4.69) is 33.1 Å². The monoisotopic (exact) mass is 248 g/mol. The zero-order chi connectivity index (χ0) is 12.5. The first-order valence-electron chi connectivity index (χ1n) is 6.70. The molecule has 1 saturated carbocycles. The molecular weight excluding hydrogens is 228 g/mol. The first kappa shape index (κ1) is 11.7. The van der Waals surface area contributed by atoms with Crippen molar-refractivity contribution in [2.75, 3.05) is 20.1 Å². The molecule has 0 aromatic carbocycles. The highest BCUT2D eigenvalue weighted by molar-refractivity contribution is 5.76. The van der Waals surface area contributed by atoms with Crippen molar-refractivity contribution in [2.45, 2.75) is 31.8 Å². The number of amides is 1. The molecule has 0 radical (unpaired) electrons. The molecule has 5 nitrogen and oxygen atoms in total. The van der Waals surface area contributed by atoms with Crippen LogP contribution in [0.25, 0.3) is 0 Å². The van der Waals surface area contributed by atoms with Crippen LogP contribution in [-0.2, 0) is 11.3 Å². The SMILES string of the molecule is CN1Cc2ccnn2[C@H](CNC(=O)CC2CC2)C1. The van der Waals surface area contributed by atoms with Crippen molar-refractivity contribution in [3.05, 3.63) is 18.0 Å². The topological polar surface area (TPSA) is 50.2 Å². The summed E-state index contributed by atoms with van der Waals surface area (Å²) in [6, 6.07) is 2.31. The molecule has 1 aliphatic heterocycles. The number of likely N-dealkylation sites (N-methyl/N-ethyl adjacent to an activating group) is 1. The number of rotatable bonds is 4. The predicted octanol–water partition coefficient (Wildman–Crippen LogP) is 0.786. The lowest BCUT2D eigenvalue weighted by atomic mass is 10.2. The Kier molecular flexibility index (Phi) is 3.07. The molecule has 3 rings (SSSR count). The van der Waals surface area contributed by atoms with Gasteiger partial charge in [-0.2, -0.15) is 5.10 Å². The van der Waals surface area contributed by atoms with E-state index in [0.29, 0.717) is 18.9 Å². The van der Waals surface area contributed by atoms with Crippen LogP contribution in [-0.4, -0.2) is 40.7 Å². The molecule has 1 fully saturated rings. The molecular formula is C13H20N4O. The molecule has 1 aromatic heterocycles. The number of fused-ring (bicyclic) bond motifs is 1. The average molecular weight is 248 g/mol. The van der Waals surface area contributed by atoms with E-state index < -0.39 is 0 Å². The van der Waals surface area contributed by atoms with E-state index in [1.807, 2.05) is 6.20 Å². The molecule has 5 heteroatoms. The number of carbonyl (C=O) groups is 1. The normalized spacial score (nSPS) is 23.7. The number of hydrogen-bond acceptors (Lipinski definition) is 3. The molecule has 1 aromatic rings. The molecule has 1 aliphatic carbocycles. The second-order valence-corrected chi connectivity index (χ2v) is 5.57. The molecule has 0 spiro atoms. The Balaban J connectivity index is 1.57. The highest BCUT2D eigenvalue weighted by Crippen LogP contribution is 2.32. The van der Waals surface area contributed by atoms with Gasteiger partial charge in [-0.05, 0) is 31.9 Å². The van der Waals surface area contributed by atoms with Crippen LogP contribution in [0.3, 0.4) is 0 Å². The van der Waals surface area contributed by atoms with Crippen molar-refractivity contribution < 1.29 is 4.79 Å². The van der Waals surface area contributed by atoms with E-state index in [1.165, 1.54) is 18.5 Å². The number of nitrogens with one attached hydrogen (secondary N) is 1. The number of nitrogens with zero attached hydrogens (tertiary/aromatic N) is 3. The maximum absolute atomic E-state index is 11.7. The third-order valence-corrected chi connectivity index (χ3v) is 3.76. The Labute approximate surface area is 107 Å². The molecule has 0 saturated heterocycles. The fourth-order valence-corrected chi connectivity index (χ4v) is 2.61. The van der Waals surface area contributed by atoms with Crippen LogP contribution in [0.1, 0.15) is 31.0 Å². The largest absolute Gasteiger partial charge is 0.354 e. The Bertz CT molecular complexity index is 438. The first-order valence-corrected chi connectivity index (χ1v) is 6.70. The zero-order valence-corrected chi connectivity index (χ0v) is 10.8. The molecule has 1 atom stereocenters. The van der Waals surface area contributed by atoms with E-state index in [1.54, 1.807) is 0 Å². The minimum atomic E-state index is 0.194. The Morgan fingerprint density at radius 2 is 2.39 bits per heavy atom. The van der Waals surface area contributed by atoms with E-state index in [-0.39, 0.29) is 11.9 Å². The zero-order valence-electron chi connectivity index (χ0n) is 10.8. The number of carbonyl (C=O) groups excluding carboxylic acids is 1. The van der Waals surface area contributed by atoms with Crippen LogP contribution >= 0.6 is 0 Å². The Hall–Kier alpha value is -1.36. The number of hydrogen-bond donors (Lipinski definition) is 1. The van der Waals surface area contributed by atoms with Gasteiger partial charge < -0.3 is 5.32 Å². The summed E-state index contributed by atoms with van der Waals surface area (Å²) in [5, 5.41) is 7.41. The Morgan fingerprint density at radius 1 is 1.56 bits per heavy atom. The van der Waals surface area contributed by atoms with Crippen LogP contribution in [0.2, 0.25) is 0 Å². The summed E-state index contributed by atoms with van der Waals surface area (Å²) < 4.78 is 2.05. The van der Waals surface area contributed by atoms with Gasteiger partial charge in [-0.15, -0.1) is 0 Å². The van der Waals surface area contributed by atoms with Crippen molar-refractivity contribution in [3.8, 4) is 0 Å². The molecule has 0 bridgehead atoms. The predicted molar refractivity (Wildman–Crippen MR) is 67.9 cm³/mol. The maximum Gasteiger partial charge on any atom is 0.220 e. The minimum absolute atomic E-state index is 0.194. The fourth-order valence-electron chi connectivity index (χ4n) is 2.61. The minimum Gasteiger partial charge on any atom is -0.354 e. The molecule has 0 unspecified atom stereocenters. The van der Waals surface area contributed by atoms with E-state index in [0.717, 1.165) is 13.1 Å². The van der Waals surface area contributed by atoms with Crippen molar-refractivity contribution in [1.82, 2.24) is 20.0 Å². The second kappa shape index (κ2) is 4.72. The molecule has 18 heavy (non-hydrogen) atoms. The quantitative estimate of drug-likeness (QED) is 0.857. The molecule has 98 valence electrons. The fraction of sp³-hybridized carbons (Fsp3) is 0.692. The van der Waals surface area contributed by atoms with Gasteiger partial charge >= 0.3 is 0 Å². The average Bonchev–Trinajstić information content (AvgIpc) is 3.01. The highest BCUT2D eigenvalue weighted by Gasteiger charge is 2.26. The summed E-state index contributed by atoms with van der Waals surface area (Å²) in [6.07, 6.45) is 4.99. The van der Waals surface area contributed by atoms with Crippen LogP contribution < -0.4 is 5.32 Å². The van der Waals surface area contributed by atoms with Gasteiger partial charge in [0.15, 0.2) is 0 Å². The molecule has 1 amide bonds. The Morgan fingerprint density at radius 3 is 3.17 bits per heavy atom. The molecule has 1 N–H and O–H groups in total. The van der Waals surface area contributed by atoms with Crippen LogP contribution in [0, 0.1) is 5.92 Å².